The van der Waals surface area contributed by atoms with Gasteiger partial charge in [0.15, 0.2) is 0 Å². The van der Waals surface area contributed by atoms with Crippen LogP contribution >= 0.6 is 0 Å². The van der Waals surface area contributed by atoms with E-state index in [1.165, 1.54) is 11.1 Å². The Hall–Kier alpha value is -4.66. The van der Waals surface area contributed by atoms with Gasteiger partial charge in [0, 0.05) is 32.0 Å². The first-order chi connectivity index (χ1) is 22.4. The minimum Gasteiger partial charge on any atom is -0.460 e. The number of nitrogens with zero attached hydrogens (tertiary/aromatic N) is 1. The summed E-state index contributed by atoms with van der Waals surface area (Å²) in [7, 11) is 0. The summed E-state index contributed by atoms with van der Waals surface area (Å²) in [5.74, 6) is -0.832. The van der Waals surface area contributed by atoms with Gasteiger partial charge in [-0.15, -0.1) is 0 Å². The number of fused-ring (bicyclic) bond motifs is 3. The molecule has 0 spiro atoms. The number of amides is 3. The second-order valence-electron chi connectivity index (χ2n) is 13.5. The van der Waals surface area contributed by atoms with Gasteiger partial charge in [-0.3, -0.25) is 19.3 Å². The largest absolute Gasteiger partial charge is 0.460 e. The van der Waals surface area contributed by atoms with Crippen LogP contribution in [0.5, 0.6) is 0 Å². The SMILES string of the molecule is CC(C)(C)OC(=O)CCC(=O)NCc1ccc(CCNC(=O)[C@]2(C)CCCN2C(=O)OCC2c3ccccc3-c3ccccc32)cc1. The summed E-state index contributed by atoms with van der Waals surface area (Å²) in [6, 6.07) is 24.2. The Morgan fingerprint density at radius 3 is 2.11 bits per heavy atom. The summed E-state index contributed by atoms with van der Waals surface area (Å²) >= 11 is 0. The lowest BCUT2D eigenvalue weighted by molar-refractivity contribution is -0.155. The molecule has 0 unspecified atom stereocenters. The lowest BCUT2D eigenvalue weighted by atomic mass is 9.97. The fraction of sp³-hybridized carbons (Fsp3) is 0.421. The summed E-state index contributed by atoms with van der Waals surface area (Å²) in [4.78, 5) is 52.3. The molecule has 9 heteroatoms. The summed E-state index contributed by atoms with van der Waals surface area (Å²) in [6.07, 6.45) is 1.57. The van der Waals surface area contributed by atoms with Crippen LogP contribution in [0.15, 0.2) is 72.8 Å². The number of esters is 1. The third kappa shape index (κ3) is 8.20. The van der Waals surface area contributed by atoms with Crippen LogP contribution in [-0.2, 0) is 36.8 Å². The fourth-order valence-corrected chi connectivity index (χ4v) is 6.40. The predicted octanol–water partition coefficient (Wildman–Crippen LogP) is 5.89. The van der Waals surface area contributed by atoms with Crippen LogP contribution in [0.3, 0.4) is 0 Å². The Bertz CT molecular complexity index is 1570. The highest BCUT2D eigenvalue weighted by Crippen LogP contribution is 2.44. The van der Waals surface area contributed by atoms with Gasteiger partial charge in [0.25, 0.3) is 0 Å². The van der Waals surface area contributed by atoms with E-state index in [0.717, 1.165) is 28.7 Å². The quantitative estimate of drug-likeness (QED) is 0.253. The van der Waals surface area contributed by atoms with Crippen molar-refractivity contribution in [2.75, 3.05) is 19.7 Å². The molecule has 3 aromatic rings. The number of benzene rings is 3. The van der Waals surface area contributed by atoms with E-state index >= 15 is 0 Å². The Kier molecular flexibility index (Phi) is 10.3. The zero-order valence-corrected chi connectivity index (χ0v) is 27.8. The van der Waals surface area contributed by atoms with Crippen LogP contribution in [-0.4, -0.2) is 59.6 Å². The molecule has 248 valence electrons. The highest BCUT2D eigenvalue weighted by molar-refractivity contribution is 5.90. The van der Waals surface area contributed by atoms with Crippen molar-refractivity contribution in [2.24, 2.45) is 0 Å². The topological polar surface area (TPSA) is 114 Å². The van der Waals surface area contributed by atoms with Gasteiger partial charge < -0.3 is 20.1 Å². The number of nitrogens with one attached hydrogen (secondary N) is 2. The fourth-order valence-electron chi connectivity index (χ4n) is 6.40. The van der Waals surface area contributed by atoms with E-state index in [1.54, 1.807) is 25.7 Å². The first-order valence-corrected chi connectivity index (χ1v) is 16.4. The van der Waals surface area contributed by atoms with Gasteiger partial charge in [-0.2, -0.15) is 0 Å². The molecule has 0 radical (unpaired) electrons. The Morgan fingerprint density at radius 1 is 0.851 bits per heavy atom. The van der Waals surface area contributed by atoms with E-state index < -0.39 is 23.2 Å². The van der Waals surface area contributed by atoms with Gasteiger partial charge >= 0.3 is 12.1 Å². The van der Waals surface area contributed by atoms with E-state index in [2.05, 4.69) is 34.9 Å². The van der Waals surface area contributed by atoms with Crippen LogP contribution in [0.1, 0.15) is 81.5 Å². The minimum absolute atomic E-state index is 0.0380. The molecule has 0 saturated carbocycles. The van der Waals surface area contributed by atoms with E-state index in [9.17, 15) is 19.2 Å². The molecule has 47 heavy (non-hydrogen) atoms. The molecule has 1 aliphatic carbocycles. The van der Waals surface area contributed by atoms with Gasteiger partial charge in [-0.05, 0) is 80.3 Å². The molecule has 1 fully saturated rings. The van der Waals surface area contributed by atoms with Gasteiger partial charge in [0.05, 0.1) is 6.42 Å². The van der Waals surface area contributed by atoms with E-state index in [4.69, 9.17) is 9.47 Å². The lowest BCUT2D eigenvalue weighted by Crippen LogP contribution is -2.55. The number of carbonyl (C=O) groups excluding carboxylic acids is 4. The van der Waals surface area contributed by atoms with E-state index in [-0.39, 0.29) is 37.2 Å². The molecule has 9 nitrogen and oxygen atoms in total. The molecule has 5 rings (SSSR count). The van der Waals surface area contributed by atoms with Crippen molar-refractivity contribution in [3.8, 4) is 11.1 Å². The number of ether oxygens (including phenoxy) is 2. The maximum absolute atomic E-state index is 13.4. The number of hydrogen-bond acceptors (Lipinski definition) is 6. The molecule has 3 aromatic carbocycles. The van der Waals surface area contributed by atoms with Crippen LogP contribution in [0.2, 0.25) is 0 Å². The van der Waals surface area contributed by atoms with Gasteiger partial charge in [-0.25, -0.2) is 4.79 Å². The average molecular weight is 640 g/mol. The van der Waals surface area contributed by atoms with E-state index in [1.807, 2.05) is 55.5 Å². The second kappa shape index (κ2) is 14.4. The molecule has 1 heterocycles. The molecule has 1 aliphatic heterocycles. The van der Waals surface area contributed by atoms with Gasteiger partial charge in [0.1, 0.15) is 17.7 Å². The van der Waals surface area contributed by atoms with Crippen molar-refractivity contribution in [3.63, 3.8) is 0 Å². The molecular weight excluding hydrogens is 594 g/mol. The molecule has 3 amide bonds. The van der Waals surface area contributed by atoms with Gasteiger partial charge in [-0.1, -0.05) is 72.8 Å². The molecule has 0 aromatic heterocycles. The zero-order valence-electron chi connectivity index (χ0n) is 27.8. The van der Waals surface area contributed by atoms with Crippen LogP contribution in [0.25, 0.3) is 11.1 Å². The van der Waals surface area contributed by atoms with Crippen molar-refractivity contribution in [2.45, 2.75) is 83.4 Å². The molecule has 2 aliphatic rings. The van der Waals surface area contributed by atoms with Crippen molar-refractivity contribution >= 4 is 23.9 Å². The molecule has 0 bridgehead atoms. The Morgan fingerprint density at radius 2 is 1.47 bits per heavy atom. The Labute approximate surface area is 277 Å². The van der Waals surface area contributed by atoms with Crippen molar-refractivity contribution in [1.82, 2.24) is 15.5 Å². The summed E-state index contributed by atoms with van der Waals surface area (Å²) in [5.41, 5.74) is 5.06. The standard InChI is InChI=1S/C38H45N3O6/c1-37(2,3)47-34(43)19-18-33(42)40-24-27-16-14-26(15-17-27)20-22-39-35(44)38(4)21-9-23-41(38)36(45)46-25-32-30-12-7-5-10-28(30)29-11-6-8-13-31(29)32/h5-8,10-17,32H,9,18-25H2,1-4H3,(H,39,44)(H,40,42)/t38-/m0/s1. The summed E-state index contributed by atoms with van der Waals surface area (Å²) < 4.78 is 11.1. The van der Waals surface area contributed by atoms with Crippen LogP contribution < -0.4 is 10.6 Å². The average Bonchev–Trinajstić information content (AvgIpc) is 3.60. The first kappa shape index (κ1) is 33.7. The monoisotopic (exact) mass is 639 g/mol. The third-order valence-corrected chi connectivity index (χ3v) is 8.87. The maximum atomic E-state index is 13.4. The second-order valence-corrected chi connectivity index (χ2v) is 13.5. The van der Waals surface area contributed by atoms with Crippen LogP contribution in [0, 0.1) is 0 Å². The zero-order chi connectivity index (χ0) is 33.6. The minimum atomic E-state index is -0.978. The van der Waals surface area contributed by atoms with Crippen LogP contribution in [0.4, 0.5) is 4.79 Å². The summed E-state index contributed by atoms with van der Waals surface area (Å²) in [5, 5.41) is 5.86. The van der Waals surface area contributed by atoms with Crippen molar-refractivity contribution in [3.05, 3.63) is 95.1 Å². The van der Waals surface area contributed by atoms with E-state index in [0.29, 0.717) is 32.5 Å². The lowest BCUT2D eigenvalue weighted by Gasteiger charge is -2.33. The highest BCUT2D eigenvalue weighted by Gasteiger charge is 2.46. The molecule has 1 saturated heterocycles. The smallest absolute Gasteiger partial charge is 0.410 e. The highest BCUT2D eigenvalue weighted by atomic mass is 16.6. The molecular formula is C38H45N3O6. The van der Waals surface area contributed by atoms with Crippen molar-refractivity contribution in [1.29, 1.82) is 0 Å². The van der Waals surface area contributed by atoms with Crippen molar-refractivity contribution < 1.29 is 28.7 Å². The number of hydrogen-bond donors (Lipinski definition) is 2. The predicted molar refractivity (Wildman–Crippen MR) is 179 cm³/mol. The molecule has 2 N–H and O–H groups in total. The number of likely N-dealkylation sites (tertiary alicyclic amines) is 1. The molecule has 1 atom stereocenters. The summed E-state index contributed by atoms with van der Waals surface area (Å²) in [6.45, 7) is 8.66. The number of rotatable bonds is 11. The third-order valence-electron chi connectivity index (χ3n) is 8.87. The Balaban J connectivity index is 1.06. The normalized spacial score (nSPS) is 17.1. The maximum Gasteiger partial charge on any atom is 0.410 e. The first-order valence-electron chi connectivity index (χ1n) is 16.4. The van der Waals surface area contributed by atoms with Gasteiger partial charge in [0.2, 0.25) is 11.8 Å². The number of carbonyl (C=O) groups is 4.